The van der Waals surface area contributed by atoms with Crippen LogP contribution in [0, 0.1) is 13.8 Å². The Kier molecular flexibility index (Phi) is 7.68. The van der Waals surface area contributed by atoms with Gasteiger partial charge >= 0.3 is 0 Å². The first kappa shape index (κ1) is 20.5. The molecule has 6 heteroatoms. The smallest absolute Gasteiger partial charge is 0.193 e. The molecule has 1 aromatic heterocycles. The summed E-state index contributed by atoms with van der Waals surface area (Å²) in [7, 11) is 0. The molecule has 3 rings (SSSR count). The number of halogens is 1. The molecule has 2 heterocycles. The van der Waals surface area contributed by atoms with Crippen LogP contribution in [0.4, 0.5) is 11.5 Å². The number of guanidine groups is 1. The molecule has 1 fully saturated rings. The highest BCUT2D eigenvalue weighted by atomic mass is 127. The normalized spacial score (nSPS) is 14.7. The van der Waals surface area contributed by atoms with E-state index in [2.05, 4.69) is 58.3 Å². The van der Waals surface area contributed by atoms with Crippen molar-refractivity contribution in [2.24, 2.45) is 10.7 Å². The fourth-order valence-corrected chi connectivity index (χ4v) is 3.27. The number of rotatable bonds is 4. The highest BCUT2D eigenvalue weighted by Crippen LogP contribution is 2.19. The first-order chi connectivity index (χ1) is 12.1. The summed E-state index contributed by atoms with van der Waals surface area (Å²) in [4.78, 5) is 11.3. The van der Waals surface area contributed by atoms with Gasteiger partial charge in [0.15, 0.2) is 5.96 Å². The number of aryl methyl sites for hydroxylation is 2. The molecule has 1 saturated heterocycles. The van der Waals surface area contributed by atoms with Crippen molar-refractivity contribution >= 4 is 41.4 Å². The van der Waals surface area contributed by atoms with E-state index in [1.165, 1.54) is 30.4 Å². The molecule has 1 aromatic carbocycles. The van der Waals surface area contributed by atoms with Gasteiger partial charge in [0.05, 0.1) is 6.54 Å². The SMILES string of the molecule is Cc1cc(C)cc(NC(N)=NCc2ccnc(N3CCCCC3)c2)c1.I. The van der Waals surface area contributed by atoms with E-state index in [-0.39, 0.29) is 24.0 Å². The number of anilines is 2. The highest BCUT2D eigenvalue weighted by Gasteiger charge is 2.12. The largest absolute Gasteiger partial charge is 0.370 e. The number of nitrogens with two attached hydrogens (primary N) is 1. The molecule has 0 atom stereocenters. The lowest BCUT2D eigenvalue weighted by Crippen LogP contribution is -2.30. The highest BCUT2D eigenvalue weighted by molar-refractivity contribution is 14.0. The first-order valence-corrected chi connectivity index (χ1v) is 8.95. The number of nitrogens with zero attached hydrogens (tertiary/aromatic N) is 3. The van der Waals surface area contributed by atoms with Gasteiger partial charge in [0.2, 0.25) is 0 Å². The van der Waals surface area contributed by atoms with Crippen molar-refractivity contribution in [3.05, 3.63) is 53.2 Å². The van der Waals surface area contributed by atoms with Gasteiger partial charge in [-0.15, -0.1) is 24.0 Å². The lowest BCUT2D eigenvalue weighted by Gasteiger charge is -2.27. The van der Waals surface area contributed by atoms with E-state index in [9.17, 15) is 0 Å². The predicted octanol–water partition coefficient (Wildman–Crippen LogP) is 4.23. The van der Waals surface area contributed by atoms with E-state index in [1.807, 2.05) is 12.3 Å². The van der Waals surface area contributed by atoms with E-state index in [0.717, 1.165) is 30.2 Å². The van der Waals surface area contributed by atoms with Gasteiger partial charge in [-0.3, -0.25) is 0 Å². The van der Waals surface area contributed by atoms with Gasteiger partial charge in [-0.25, -0.2) is 9.98 Å². The Balaban J connectivity index is 0.00000243. The molecule has 0 aliphatic carbocycles. The first-order valence-electron chi connectivity index (χ1n) is 8.95. The summed E-state index contributed by atoms with van der Waals surface area (Å²) >= 11 is 0. The monoisotopic (exact) mass is 465 g/mol. The molecule has 5 nitrogen and oxygen atoms in total. The molecule has 0 radical (unpaired) electrons. The molecule has 0 saturated carbocycles. The van der Waals surface area contributed by atoms with Crippen LogP contribution >= 0.6 is 24.0 Å². The zero-order chi connectivity index (χ0) is 17.6. The Morgan fingerprint density at radius 3 is 2.50 bits per heavy atom. The molecular formula is C20H28IN5. The molecule has 0 bridgehead atoms. The van der Waals surface area contributed by atoms with Gasteiger partial charge in [-0.1, -0.05) is 6.07 Å². The summed E-state index contributed by atoms with van der Waals surface area (Å²) in [5.74, 6) is 1.48. The molecule has 3 N–H and O–H groups in total. The van der Waals surface area contributed by atoms with Crippen LogP contribution in [0.5, 0.6) is 0 Å². The number of aromatic nitrogens is 1. The van der Waals surface area contributed by atoms with Gasteiger partial charge in [-0.2, -0.15) is 0 Å². The van der Waals surface area contributed by atoms with Gasteiger partial charge in [-0.05, 0) is 74.1 Å². The zero-order valence-electron chi connectivity index (χ0n) is 15.5. The van der Waals surface area contributed by atoms with Crippen molar-refractivity contribution in [3.63, 3.8) is 0 Å². The predicted molar refractivity (Wildman–Crippen MR) is 121 cm³/mol. The van der Waals surface area contributed by atoms with Crippen LogP contribution in [0.15, 0.2) is 41.5 Å². The van der Waals surface area contributed by atoms with Crippen LogP contribution < -0.4 is 16.0 Å². The molecule has 1 aliphatic heterocycles. The van der Waals surface area contributed by atoms with Crippen LogP contribution in [0.3, 0.4) is 0 Å². The molecule has 1 aliphatic rings. The van der Waals surface area contributed by atoms with E-state index in [1.54, 1.807) is 0 Å². The lowest BCUT2D eigenvalue weighted by molar-refractivity contribution is 0.573. The van der Waals surface area contributed by atoms with Gasteiger partial charge in [0, 0.05) is 25.0 Å². The average Bonchev–Trinajstić information content (AvgIpc) is 2.60. The van der Waals surface area contributed by atoms with Crippen molar-refractivity contribution in [2.75, 3.05) is 23.3 Å². The Morgan fingerprint density at radius 2 is 1.81 bits per heavy atom. The third-order valence-electron chi connectivity index (χ3n) is 4.42. The Hall–Kier alpha value is -1.83. The van der Waals surface area contributed by atoms with Gasteiger partial charge in [0.25, 0.3) is 0 Å². The fraction of sp³-hybridized carbons (Fsp3) is 0.400. The third kappa shape index (κ3) is 5.86. The standard InChI is InChI=1S/C20H27N5.HI/c1-15-10-16(2)12-18(11-15)24-20(21)23-14-17-6-7-22-19(13-17)25-8-4-3-5-9-25;/h6-7,10-13H,3-5,8-9,14H2,1-2H3,(H3,21,23,24);1H. The Bertz CT molecular complexity index is 733. The van der Waals surface area contributed by atoms with Crippen LogP contribution in [0.2, 0.25) is 0 Å². The minimum atomic E-state index is 0. The van der Waals surface area contributed by atoms with Crippen LogP contribution in [-0.2, 0) is 6.54 Å². The number of pyridine rings is 1. The second kappa shape index (κ2) is 9.75. The Morgan fingerprint density at radius 1 is 1.12 bits per heavy atom. The fourth-order valence-electron chi connectivity index (χ4n) is 3.27. The van der Waals surface area contributed by atoms with Gasteiger partial charge in [0.1, 0.15) is 5.82 Å². The molecular weight excluding hydrogens is 437 g/mol. The molecule has 0 unspecified atom stereocenters. The van der Waals surface area contributed by atoms with Crippen LogP contribution in [0.1, 0.15) is 36.0 Å². The van der Waals surface area contributed by atoms with E-state index >= 15 is 0 Å². The number of nitrogens with one attached hydrogen (secondary N) is 1. The quantitative estimate of drug-likeness (QED) is 0.403. The summed E-state index contributed by atoms with van der Waals surface area (Å²) in [5, 5.41) is 3.17. The molecule has 0 spiro atoms. The van der Waals surface area contributed by atoms with Crippen LogP contribution in [-0.4, -0.2) is 24.0 Å². The molecule has 26 heavy (non-hydrogen) atoms. The van der Waals surface area contributed by atoms with Crippen molar-refractivity contribution in [1.82, 2.24) is 4.98 Å². The van der Waals surface area contributed by atoms with Crippen molar-refractivity contribution in [1.29, 1.82) is 0 Å². The van der Waals surface area contributed by atoms with E-state index in [4.69, 9.17) is 5.73 Å². The van der Waals surface area contributed by atoms with Gasteiger partial charge < -0.3 is 16.0 Å². The average molecular weight is 465 g/mol. The number of benzene rings is 1. The maximum atomic E-state index is 6.05. The van der Waals surface area contributed by atoms with Crippen LogP contribution in [0.25, 0.3) is 0 Å². The summed E-state index contributed by atoms with van der Waals surface area (Å²) in [5.41, 5.74) is 10.6. The van der Waals surface area contributed by atoms with E-state index < -0.39 is 0 Å². The topological polar surface area (TPSA) is 66.5 Å². The number of hydrogen-bond acceptors (Lipinski definition) is 3. The third-order valence-corrected chi connectivity index (χ3v) is 4.42. The molecule has 2 aromatic rings. The summed E-state index contributed by atoms with van der Waals surface area (Å²) in [6.45, 7) is 6.88. The lowest BCUT2D eigenvalue weighted by atomic mass is 10.1. The second-order valence-electron chi connectivity index (χ2n) is 6.77. The molecule has 0 amide bonds. The minimum Gasteiger partial charge on any atom is -0.370 e. The van der Waals surface area contributed by atoms with Crippen molar-refractivity contribution < 1.29 is 0 Å². The maximum Gasteiger partial charge on any atom is 0.193 e. The number of aliphatic imine (C=N–C) groups is 1. The number of piperidine rings is 1. The zero-order valence-corrected chi connectivity index (χ0v) is 17.9. The Labute approximate surface area is 173 Å². The maximum absolute atomic E-state index is 6.05. The number of hydrogen-bond donors (Lipinski definition) is 2. The van der Waals surface area contributed by atoms with E-state index in [0.29, 0.717) is 12.5 Å². The summed E-state index contributed by atoms with van der Waals surface area (Å²) < 4.78 is 0. The minimum absolute atomic E-state index is 0. The van der Waals surface area contributed by atoms with Crippen molar-refractivity contribution in [2.45, 2.75) is 39.7 Å². The van der Waals surface area contributed by atoms with Crippen molar-refractivity contribution in [3.8, 4) is 0 Å². The molecule has 140 valence electrons. The summed E-state index contributed by atoms with van der Waals surface area (Å²) in [6.07, 6.45) is 5.68. The summed E-state index contributed by atoms with van der Waals surface area (Å²) in [6, 6.07) is 10.4. The second-order valence-corrected chi connectivity index (χ2v) is 6.77.